The molecule has 6 heterocycles. The van der Waals surface area contributed by atoms with Gasteiger partial charge in [-0.3, -0.25) is 83.0 Å². The van der Waals surface area contributed by atoms with Gasteiger partial charge in [-0.05, 0) is 171 Å². The molecule has 4 atom stereocenters. The number of morpholine rings is 1. The molecule has 3 unspecified atom stereocenters. The molecular formula is C86H98ClF3N12O15S2. The number of thioether (sulfide) groups is 1. The molecule has 33 heteroatoms. The van der Waals surface area contributed by atoms with E-state index in [4.69, 9.17) is 21.4 Å². The zero-order valence-corrected chi connectivity index (χ0v) is 68.5. The van der Waals surface area contributed by atoms with E-state index in [1.165, 1.54) is 35.0 Å². The maximum Gasteiger partial charge on any atom is 0.501 e. The standard InChI is InChI=1S/C67H77ClF3N9O9S2.C19H21N3O6/c1-66(44-74-59(81)13-6-3-7-29-72-56-12-8-11-54-61(56)65(86)80(64(54)85)57-24-25-60(82)76-63(57)84)28-26-53(46-15-19-49(68)20-16-46)48(40-66)42-78-31-33-79(34-32-78)51-21-17-47(18-22-51)62(83)73-41-45-14-23-55(58(39-45)91(87,88)67(69,70)71)75-50(27-30-77-35-37-89-38-36-77)43-90-52-9-4-2-5-10-52;23-14-9-8-13(17(26)21-14)22-18(27)11-5-4-6-12(16(11)19(22)28)20-10-3-1-2-7-15(24)25/h2,4-5,8-12,14-23,39,50,57,72,75H,3,6-7,13,24-38,40-44H2,1H3,(H,73,83)(H,74,81)(H,76,82,84);4-6,13,20H,1-3,7-10H2,(H,24,25)(H,21,23,26)/t50-,57?,66?;/m1./s1. The quantitative estimate of drug-likeness (QED) is 0.0106. The smallest absolute Gasteiger partial charge is 0.481 e. The average Bonchev–Trinajstić information content (AvgIpc) is 1.63. The number of imide groups is 4. The number of hydrogen-bond donors (Lipinski definition) is 8. The molecule has 0 spiro atoms. The molecule has 6 aliphatic heterocycles. The van der Waals surface area contributed by atoms with Crippen LogP contribution in [0.25, 0.3) is 5.57 Å². The minimum Gasteiger partial charge on any atom is -0.481 e. The predicted molar refractivity (Wildman–Crippen MR) is 444 cm³/mol. The molecule has 6 aromatic carbocycles. The lowest BCUT2D eigenvalue weighted by atomic mass is 9.71. The van der Waals surface area contributed by atoms with Gasteiger partial charge in [0.2, 0.25) is 29.5 Å². The van der Waals surface area contributed by atoms with Gasteiger partial charge in [0.15, 0.2) is 0 Å². The zero-order valence-electron chi connectivity index (χ0n) is 66.1. The van der Waals surface area contributed by atoms with Crippen molar-refractivity contribution in [2.45, 2.75) is 150 Å². The fourth-order valence-corrected chi connectivity index (χ4v) is 18.0. The van der Waals surface area contributed by atoms with Gasteiger partial charge in [-0.2, -0.15) is 13.2 Å². The summed E-state index contributed by atoms with van der Waals surface area (Å²) >= 11 is 7.86. The highest BCUT2D eigenvalue weighted by Gasteiger charge is 2.50. The Morgan fingerprint density at radius 2 is 1.24 bits per heavy atom. The van der Waals surface area contributed by atoms with Crippen LogP contribution < -0.4 is 42.1 Å². The van der Waals surface area contributed by atoms with E-state index in [2.05, 4.69) is 71.0 Å². The topological polar surface area (TPSA) is 352 Å². The van der Waals surface area contributed by atoms with Crippen LogP contribution in [0.15, 0.2) is 149 Å². The molecule has 1 aliphatic carbocycles. The summed E-state index contributed by atoms with van der Waals surface area (Å²) in [6, 6.07) is 36.0. The number of hydrogen-bond acceptors (Lipinski definition) is 21. The third-order valence-corrected chi connectivity index (χ3v) is 25.4. The van der Waals surface area contributed by atoms with E-state index in [-0.39, 0.29) is 89.5 Å². The number of fused-ring (bicyclic) bond motifs is 2. The summed E-state index contributed by atoms with van der Waals surface area (Å²) in [4.78, 5) is 146. The van der Waals surface area contributed by atoms with E-state index in [0.29, 0.717) is 99.2 Å². The average molecular weight is 1700 g/mol. The molecule has 0 aromatic heterocycles. The fraction of sp³-hybridized carbons (Fsp3) is 0.430. The number of aliphatic carboxylic acids is 1. The van der Waals surface area contributed by atoms with Gasteiger partial charge in [0.25, 0.3) is 39.4 Å². The molecule has 6 aromatic rings. The molecular weight excluding hydrogens is 1600 g/mol. The minimum absolute atomic E-state index is 0.0177. The highest BCUT2D eigenvalue weighted by atomic mass is 35.5. The molecule has 119 heavy (non-hydrogen) atoms. The van der Waals surface area contributed by atoms with Crippen LogP contribution in [0.1, 0.15) is 173 Å². The van der Waals surface area contributed by atoms with Crippen LogP contribution >= 0.6 is 23.4 Å². The number of carboxylic acid groups (broad SMARTS) is 1. The summed E-state index contributed by atoms with van der Waals surface area (Å²) in [6.07, 6.45) is 7.98. The molecule has 13 rings (SSSR count). The number of carbonyl (C=O) groups excluding carboxylic acids is 10. The van der Waals surface area contributed by atoms with Crippen molar-refractivity contribution in [1.29, 1.82) is 0 Å². The number of nitrogens with zero attached hydrogens (tertiary/aromatic N) is 5. The van der Waals surface area contributed by atoms with E-state index < -0.39 is 91.5 Å². The van der Waals surface area contributed by atoms with Crippen molar-refractivity contribution in [2.75, 3.05) is 112 Å². The van der Waals surface area contributed by atoms with Crippen molar-refractivity contribution in [2.24, 2.45) is 5.41 Å². The summed E-state index contributed by atoms with van der Waals surface area (Å²) in [7, 11) is -5.79. The molecule has 8 N–H and O–H groups in total. The fourth-order valence-electron chi connectivity index (χ4n) is 15.9. The van der Waals surface area contributed by atoms with Crippen LogP contribution in [0.2, 0.25) is 5.02 Å². The number of rotatable bonds is 34. The SMILES string of the molecule is CC1(CNC(=O)CCCCCNc2cccc3c2C(=O)N(C2CCC(=O)NC2=O)C3=O)CCC(c2ccc(Cl)cc2)=C(CN2CCN(c3ccc(C(=O)NCc4ccc(N[C@H](CCN5CCOCC5)CSc5ccccc5)c(S(=O)(=O)C(F)(F)F)c4)cc3)CC2)C1.O=C(O)CCCCCNc1cccc2c1C(=O)N(C1CCC(=O)NC1=O)C2=O. The van der Waals surface area contributed by atoms with E-state index in [1.54, 1.807) is 48.5 Å². The Hall–Kier alpha value is -10.5. The second-order valence-electron chi connectivity index (χ2n) is 31.1. The Bertz CT molecular complexity index is 4930. The number of allylic oxidation sites excluding steroid dienone is 1. The first-order chi connectivity index (χ1) is 57.1. The number of alkyl halides is 3. The monoisotopic (exact) mass is 1690 g/mol. The number of piperidine rings is 2. The maximum atomic E-state index is 14.3. The molecule has 4 saturated heterocycles. The molecule has 0 saturated carbocycles. The first kappa shape index (κ1) is 87.8. The van der Waals surface area contributed by atoms with E-state index in [9.17, 15) is 74.3 Å². The number of piperazine rings is 1. The Labute approximate surface area is 697 Å². The lowest BCUT2D eigenvalue weighted by molar-refractivity contribution is -0.138. The van der Waals surface area contributed by atoms with Crippen molar-refractivity contribution in [3.63, 3.8) is 0 Å². The summed E-state index contributed by atoms with van der Waals surface area (Å²) in [6.45, 7) is 10.6. The second-order valence-corrected chi connectivity index (χ2v) is 34.5. The number of ether oxygens (including phenoxy) is 1. The predicted octanol–water partition coefficient (Wildman–Crippen LogP) is 11.0. The second kappa shape index (κ2) is 40.0. The number of anilines is 4. The maximum absolute atomic E-state index is 14.3. The van der Waals surface area contributed by atoms with Gasteiger partial charge in [0, 0.05) is 149 Å². The molecule has 10 amide bonds. The van der Waals surface area contributed by atoms with Gasteiger partial charge in [0.1, 0.15) is 12.1 Å². The number of halogens is 4. The van der Waals surface area contributed by atoms with Gasteiger partial charge in [0.05, 0.1) is 46.1 Å². The normalized spacial score (nSPS) is 19.5. The molecule has 632 valence electrons. The molecule has 4 fully saturated rings. The van der Waals surface area contributed by atoms with Gasteiger partial charge in [-0.1, -0.05) is 85.5 Å². The zero-order chi connectivity index (χ0) is 84.5. The number of benzene rings is 6. The lowest BCUT2D eigenvalue weighted by Gasteiger charge is -2.41. The van der Waals surface area contributed by atoms with E-state index >= 15 is 0 Å². The Balaban J connectivity index is 0.000000390. The number of carboxylic acids is 1. The summed E-state index contributed by atoms with van der Waals surface area (Å²) in [5, 5.41) is 29.2. The minimum atomic E-state index is -5.79. The summed E-state index contributed by atoms with van der Waals surface area (Å²) in [5.41, 5.74) is 1.17. The summed E-state index contributed by atoms with van der Waals surface area (Å²) in [5.74, 6) is -5.22. The van der Waals surface area contributed by atoms with Crippen LogP contribution in [0, 0.1) is 5.41 Å². The van der Waals surface area contributed by atoms with E-state index in [1.807, 2.05) is 54.6 Å². The van der Waals surface area contributed by atoms with Crippen LogP contribution in [0.5, 0.6) is 0 Å². The van der Waals surface area contributed by atoms with Crippen molar-refractivity contribution in [3.8, 4) is 0 Å². The molecule has 27 nitrogen and oxygen atoms in total. The molecule has 0 radical (unpaired) electrons. The van der Waals surface area contributed by atoms with Crippen molar-refractivity contribution in [1.82, 2.24) is 40.9 Å². The third-order valence-electron chi connectivity index (χ3n) is 22.5. The van der Waals surface area contributed by atoms with Crippen LogP contribution in [-0.4, -0.2) is 213 Å². The largest absolute Gasteiger partial charge is 0.501 e. The highest BCUT2D eigenvalue weighted by Crippen LogP contribution is 2.44. The van der Waals surface area contributed by atoms with Crippen molar-refractivity contribution < 1.29 is 84.2 Å². The molecule has 0 bridgehead atoms. The number of amides is 10. The van der Waals surface area contributed by atoms with Gasteiger partial charge in [-0.25, -0.2) is 8.42 Å². The molecule has 7 aliphatic rings. The summed E-state index contributed by atoms with van der Waals surface area (Å²) < 4.78 is 74.7. The number of nitrogens with one attached hydrogen (secondary N) is 7. The van der Waals surface area contributed by atoms with Crippen molar-refractivity contribution in [3.05, 3.63) is 183 Å². The lowest BCUT2D eigenvalue weighted by Crippen LogP contribution is -2.54. The van der Waals surface area contributed by atoms with Gasteiger partial charge in [-0.15, -0.1) is 11.8 Å². The van der Waals surface area contributed by atoms with Crippen LogP contribution in [0.3, 0.4) is 0 Å². The van der Waals surface area contributed by atoms with Crippen LogP contribution in [0.4, 0.5) is 35.9 Å². The van der Waals surface area contributed by atoms with Gasteiger partial charge >= 0.3 is 11.5 Å². The Kier molecular flexibility index (Phi) is 29.5. The first-order valence-electron chi connectivity index (χ1n) is 40.3. The number of carbonyl (C=O) groups is 11. The highest BCUT2D eigenvalue weighted by molar-refractivity contribution is 7.99. The Morgan fingerprint density at radius 1 is 0.647 bits per heavy atom. The van der Waals surface area contributed by atoms with Gasteiger partial charge < -0.3 is 41.3 Å². The van der Waals surface area contributed by atoms with Crippen LogP contribution in [-0.2, 0) is 49.9 Å². The number of unbranched alkanes of at least 4 members (excludes halogenated alkanes) is 4. The third kappa shape index (κ3) is 22.3. The first-order valence-corrected chi connectivity index (χ1v) is 43.1. The van der Waals surface area contributed by atoms with Crippen molar-refractivity contribution >= 4 is 127 Å². The number of sulfone groups is 1. The Morgan fingerprint density at radius 3 is 1.81 bits per heavy atom. The van der Waals surface area contributed by atoms with E-state index in [0.717, 1.165) is 116 Å².